The third-order valence-electron chi connectivity index (χ3n) is 5.84. The van der Waals surface area contributed by atoms with Crippen LogP contribution < -0.4 is 5.56 Å². The number of ether oxygens (including phenoxy) is 1. The monoisotopic (exact) mass is 368 g/mol. The van der Waals surface area contributed by atoms with Crippen molar-refractivity contribution in [1.29, 1.82) is 0 Å². The SMILES string of the molecule is O=c1ccc(-c2ccncc2)nn1CC1CCN(CC2CCOCC2)CC1. The fraction of sp³-hybridized carbons (Fsp3) is 0.571. The summed E-state index contributed by atoms with van der Waals surface area (Å²) in [6, 6.07) is 7.27. The molecule has 0 amide bonds. The molecule has 4 heterocycles. The standard InChI is InChI=1S/C21H28N4O2/c26-21-2-1-20(19-3-9-22-10-4-19)23-25(21)16-17-5-11-24(12-6-17)15-18-7-13-27-14-8-18/h1-4,9-10,17-18H,5-8,11-16H2. The summed E-state index contributed by atoms with van der Waals surface area (Å²) in [5.41, 5.74) is 1.80. The van der Waals surface area contributed by atoms with Crippen LogP contribution in [-0.4, -0.2) is 52.5 Å². The first-order valence-corrected chi connectivity index (χ1v) is 10.1. The molecular formula is C21H28N4O2. The topological polar surface area (TPSA) is 60.2 Å². The van der Waals surface area contributed by atoms with Gasteiger partial charge in [0.1, 0.15) is 0 Å². The zero-order valence-electron chi connectivity index (χ0n) is 15.8. The first kappa shape index (κ1) is 18.3. The van der Waals surface area contributed by atoms with Crippen LogP contribution in [0.2, 0.25) is 0 Å². The molecule has 27 heavy (non-hydrogen) atoms. The maximum absolute atomic E-state index is 12.3. The van der Waals surface area contributed by atoms with Crippen LogP contribution in [0.15, 0.2) is 41.5 Å². The minimum Gasteiger partial charge on any atom is -0.381 e. The van der Waals surface area contributed by atoms with Crippen molar-refractivity contribution in [2.45, 2.75) is 32.2 Å². The molecule has 2 fully saturated rings. The largest absolute Gasteiger partial charge is 0.381 e. The van der Waals surface area contributed by atoms with E-state index in [1.54, 1.807) is 29.2 Å². The summed E-state index contributed by atoms with van der Waals surface area (Å²) in [7, 11) is 0. The summed E-state index contributed by atoms with van der Waals surface area (Å²) in [4.78, 5) is 18.9. The van der Waals surface area contributed by atoms with E-state index in [-0.39, 0.29) is 5.56 Å². The number of piperidine rings is 1. The molecule has 2 aromatic heterocycles. The smallest absolute Gasteiger partial charge is 0.266 e. The Kier molecular flexibility index (Phi) is 5.94. The lowest BCUT2D eigenvalue weighted by Gasteiger charge is -2.35. The van der Waals surface area contributed by atoms with Gasteiger partial charge in [-0.05, 0) is 68.8 Å². The van der Waals surface area contributed by atoms with E-state index < -0.39 is 0 Å². The molecule has 0 bridgehead atoms. The normalized spacial score (nSPS) is 20.0. The van der Waals surface area contributed by atoms with Crippen LogP contribution in [-0.2, 0) is 11.3 Å². The minimum absolute atomic E-state index is 0.0163. The molecule has 2 aromatic rings. The average Bonchev–Trinajstić information content (AvgIpc) is 2.72. The van der Waals surface area contributed by atoms with Gasteiger partial charge in [0.2, 0.25) is 0 Å². The highest BCUT2D eigenvalue weighted by molar-refractivity contribution is 5.56. The molecule has 6 heteroatoms. The van der Waals surface area contributed by atoms with Crippen molar-refractivity contribution < 1.29 is 4.74 Å². The van der Waals surface area contributed by atoms with E-state index in [1.807, 2.05) is 12.1 Å². The summed E-state index contributed by atoms with van der Waals surface area (Å²) >= 11 is 0. The van der Waals surface area contributed by atoms with Gasteiger partial charge < -0.3 is 9.64 Å². The molecule has 6 nitrogen and oxygen atoms in total. The number of hydrogen-bond donors (Lipinski definition) is 0. The number of rotatable bonds is 5. The number of hydrogen-bond acceptors (Lipinski definition) is 5. The molecule has 2 aliphatic rings. The molecule has 0 saturated carbocycles. The molecule has 2 saturated heterocycles. The van der Waals surface area contributed by atoms with Crippen LogP contribution in [0.1, 0.15) is 25.7 Å². The van der Waals surface area contributed by atoms with Crippen LogP contribution >= 0.6 is 0 Å². The van der Waals surface area contributed by atoms with Crippen LogP contribution in [0.5, 0.6) is 0 Å². The van der Waals surface area contributed by atoms with Gasteiger partial charge in [-0.3, -0.25) is 9.78 Å². The quantitative estimate of drug-likeness (QED) is 0.811. The highest BCUT2D eigenvalue weighted by Gasteiger charge is 2.23. The zero-order valence-corrected chi connectivity index (χ0v) is 15.8. The predicted octanol–water partition coefficient (Wildman–Crippen LogP) is 2.44. The van der Waals surface area contributed by atoms with E-state index in [0.29, 0.717) is 12.5 Å². The number of likely N-dealkylation sites (tertiary alicyclic amines) is 1. The molecule has 0 atom stereocenters. The first-order valence-electron chi connectivity index (χ1n) is 10.1. The Morgan fingerprint density at radius 1 is 0.926 bits per heavy atom. The van der Waals surface area contributed by atoms with Gasteiger partial charge in [-0.1, -0.05) is 0 Å². The van der Waals surface area contributed by atoms with Crippen LogP contribution in [0, 0.1) is 11.8 Å². The van der Waals surface area contributed by atoms with Crippen LogP contribution in [0.25, 0.3) is 11.3 Å². The van der Waals surface area contributed by atoms with Crippen LogP contribution in [0.4, 0.5) is 0 Å². The molecule has 0 spiro atoms. The molecule has 4 rings (SSSR count). The van der Waals surface area contributed by atoms with Crippen LogP contribution in [0.3, 0.4) is 0 Å². The average molecular weight is 368 g/mol. The van der Waals surface area contributed by atoms with Crippen molar-refractivity contribution in [3.63, 3.8) is 0 Å². The van der Waals surface area contributed by atoms with E-state index >= 15 is 0 Å². The van der Waals surface area contributed by atoms with Gasteiger partial charge in [0.15, 0.2) is 0 Å². The number of aromatic nitrogens is 3. The molecule has 0 radical (unpaired) electrons. The van der Waals surface area contributed by atoms with Gasteiger partial charge >= 0.3 is 0 Å². The van der Waals surface area contributed by atoms with Crippen molar-refractivity contribution in [3.05, 3.63) is 47.0 Å². The summed E-state index contributed by atoms with van der Waals surface area (Å²) in [6.45, 7) is 6.00. The van der Waals surface area contributed by atoms with E-state index in [2.05, 4.69) is 15.0 Å². The summed E-state index contributed by atoms with van der Waals surface area (Å²) in [6.07, 6.45) is 8.16. The summed E-state index contributed by atoms with van der Waals surface area (Å²) < 4.78 is 7.11. The van der Waals surface area contributed by atoms with Gasteiger partial charge in [0.25, 0.3) is 5.56 Å². The molecule has 0 aromatic carbocycles. The molecule has 144 valence electrons. The van der Waals surface area contributed by atoms with Gasteiger partial charge in [-0.25, -0.2) is 4.68 Å². The first-order chi connectivity index (χ1) is 13.3. The third kappa shape index (κ3) is 4.82. The second-order valence-electron chi connectivity index (χ2n) is 7.77. The molecule has 2 aliphatic heterocycles. The Hall–Kier alpha value is -2.05. The van der Waals surface area contributed by atoms with Crippen molar-refractivity contribution >= 4 is 0 Å². The maximum Gasteiger partial charge on any atom is 0.266 e. The third-order valence-corrected chi connectivity index (χ3v) is 5.84. The minimum atomic E-state index is -0.0163. The van der Waals surface area contributed by atoms with Gasteiger partial charge in [-0.15, -0.1) is 0 Å². The Bertz CT molecular complexity index is 778. The Morgan fingerprint density at radius 2 is 1.63 bits per heavy atom. The van der Waals surface area contributed by atoms with E-state index in [4.69, 9.17) is 4.74 Å². The highest BCUT2D eigenvalue weighted by atomic mass is 16.5. The Balaban J connectivity index is 1.34. The lowest BCUT2D eigenvalue weighted by Crippen LogP contribution is -2.40. The lowest BCUT2D eigenvalue weighted by atomic mass is 9.94. The van der Waals surface area contributed by atoms with Gasteiger partial charge in [0.05, 0.1) is 5.69 Å². The fourth-order valence-corrected chi connectivity index (χ4v) is 4.15. The Morgan fingerprint density at radius 3 is 2.37 bits per heavy atom. The highest BCUT2D eigenvalue weighted by Crippen LogP contribution is 2.22. The van der Waals surface area contributed by atoms with E-state index in [1.165, 1.54) is 19.4 Å². The predicted molar refractivity (Wildman–Crippen MR) is 104 cm³/mol. The van der Waals surface area contributed by atoms with Crippen molar-refractivity contribution in [3.8, 4) is 11.3 Å². The second-order valence-corrected chi connectivity index (χ2v) is 7.77. The lowest BCUT2D eigenvalue weighted by molar-refractivity contribution is 0.0459. The van der Waals surface area contributed by atoms with Crippen molar-refractivity contribution in [1.82, 2.24) is 19.7 Å². The van der Waals surface area contributed by atoms with E-state index in [9.17, 15) is 4.79 Å². The van der Waals surface area contributed by atoms with E-state index in [0.717, 1.165) is 56.3 Å². The molecule has 0 N–H and O–H groups in total. The van der Waals surface area contributed by atoms with Gasteiger partial charge in [0, 0.05) is 50.3 Å². The maximum atomic E-state index is 12.3. The Labute approximate surface area is 160 Å². The van der Waals surface area contributed by atoms with Crippen molar-refractivity contribution in [2.75, 3.05) is 32.8 Å². The number of nitrogens with zero attached hydrogens (tertiary/aromatic N) is 4. The summed E-state index contributed by atoms with van der Waals surface area (Å²) in [5, 5.41) is 4.60. The summed E-state index contributed by atoms with van der Waals surface area (Å²) in [5.74, 6) is 1.31. The fourth-order valence-electron chi connectivity index (χ4n) is 4.15. The van der Waals surface area contributed by atoms with Crippen molar-refractivity contribution in [2.24, 2.45) is 11.8 Å². The molecule has 0 aliphatic carbocycles. The second kappa shape index (κ2) is 8.76. The number of pyridine rings is 1. The molecular weight excluding hydrogens is 340 g/mol. The zero-order chi connectivity index (χ0) is 18.5. The van der Waals surface area contributed by atoms with Gasteiger partial charge in [-0.2, -0.15) is 5.10 Å². The molecule has 0 unspecified atom stereocenters.